The number of amides is 2. The lowest BCUT2D eigenvalue weighted by atomic mass is 9.87. The summed E-state index contributed by atoms with van der Waals surface area (Å²) in [5.74, 6) is -2.00. The molecular weight excluding hydrogens is 295 g/mol. The zero-order valence-electron chi connectivity index (χ0n) is 13.3. The maximum atomic E-state index is 12.8. The Morgan fingerprint density at radius 2 is 1.17 bits per heavy atom. The lowest BCUT2D eigenvalue weighted by Crippen LogP contribution is -2.29. The van der Waals surface area contributed by atoms with Crippen molar-refractivity contribution in [2.75, 3.05) is 10.6 Å². The predicted molar refractivity (Wildman–Crippen MR) is 88.8 cm³/mol. The van der Waals surface area contributed by atoms with Crippen LogP contribution >= 0.6 is 0 Å². The Morgan fingerprint density at radius 1 is 0.783 bits per heavy atom. The Bertz CT molecular complexity index is 701. The van der Waals surface area contributed by atoms with Crippen LogP contribution in [0, 0.1) is 5.82 Å². The molecule has 0 fully saturated rings. The second kappa shape index (κ2) is 6.60. The molecule has 0 aromatic heterocycles. The van der Waals surface area contributed by atoms with Crippen LogP contribution in [0.5, 0.6) is 0 Å². The number of carbonyl (C=O) groups is 2. The molecule has 0 spiro atoms. The summed E-state index contributed by atoms with van der Waals surface area (Å²) < 4.78 is 12.8. The molecule has 2 N–H and O–H groups in total. The highest BCUT2D eigenvalue weighted by Gasteiger charge is 2.16. The molecule has 0 unspecified atom stereocenters. The molecule has 0 aliphatic rings. The van der Waals surface area contributed by atoms with Gasteiger partial charge in [0.2, 0.25) is 0 Å². The number of halogens is 1. The Morgan fingerprint density at radius 3 is 1.57 bits per heavy atom. The third-order valence-electron chi connectivity index (χ3n) is 3.32. The standard InChI is InChI=1S/C18H19FN2O2/c1-18(2,3)12-4-8-14(9-5-12)20-16(22)17(23)21-15-10-6-13(19)7-11-15/h4-11H,1-3H3,(H,20,22)(H,21,23). The van der Waals surface area contributed by atoms with E-state index < -0.39 is 17.6 Å². The molecular formula is C18H19FN2O2. The zero-order valence-corrected chi connectivity index (χ0v) is 13.3. The first-order valence-corrected chi connectivity index (χ1v) is 7.24. The average molecular weight is 314 g/mol. The molecule has 5 heteroatoms. The van der Waals surface area contributed by atoms with Crippen molar-refractivity contribution in [2.45, 2.75) is 26.2 Å². The molecule has 4 nitrogen and oxygen atoms in total. The van der Waals surface area contributed by atoms with Gasteiger partial charge in [-0.3, -0.25) is 9.59 Å². The summed E-state index contributed by atoms with van der Waals surface area (Å²) in [5, 5.41) is 4.93. The molecule has 0 atom stereocenters. The number of rotatable bonds is 2. The van der Waals surface area contributed by atoms with Crippen molar-refractivity contribution >= 4 is 23.2 Å². The maximum absolute atomic E-state index is 12.8. The van der Waals surface area contributed by atoms with Gasteiger partial charge in [-0.25, -0.2) is 4.39 Å². The number of carbonyl (C=O) groups excluding carboxylic acids is 2. The van der Waals surface area contributed by atoms with Crippen molar-refractivity contribution in [2.24, 2.45) is 0 Å². The monoisotopic (exact) mass is 314 g/mol. The van der Waals surface area contributed by atoms with Crippen LogP contribution in [0.1, 0.15) is 26.3 Å². The highest BCUT2D eigenvalue weighted by molar-refractivity contribution is 6.43. The van der Waals surface area contributed by atoms with Crippen molar-refractivity contribution in [1.29, 1.82) is 0 Å². The summed E-state index contributed by atoms with van der Waals surface area (Å²) in [7, 11) is 0. The molecule has 2 rings (SSSR count). The Hall–Kier alpha value is -2.69. The van der Waals surface area contributed by atoms with Crippen molar-refractivity contribution in [3.63, 3.8) is 0 Å². The SMILES string of the molecule is CC(C)(C)c1ccc(NC(=O)C(=O)Nc2ccc(F)cc2)cc1. The van der Waals surface area contributed by atoms with E-state index in [2.05, 4.69) is 31.4 Å². The fourth-order valence-corrected chi connectivity index (χ4v) is 1.96. The summed E-state index contributed by atoms with van der Waals surface area (Å²) in [6.45, 7) is 6.28. The molecule has 23 heavy (non-hydrogen) atoms. The van der Waals surface area contributed by atoms with Gasteiger partial charge in [0.1, 0.15) is 5.82 Å². The van der Waals surface area contributed by atoms with E-state index in [4.69, 9.17) is 0 Å². The summed E-state index contributed by atoms with van der Waals surface area (Å²) in [4.78, 5) is 23.7. The predicted octanol–water partition coefficient (Wildman–Crippen LogP) is 3.70. The second-order valence-electron chi connectivity index (χ2n) is 6.24. The van der Waals surface area contributed by atoms with Gasteiger partial charge < -0.3 is 10.6 Å². The van der Waals surface area contributed by atoms with Crippen LogP contribution < -0.4 is 10.6 Å². The van der Waals surface area contributed by atoms with E-state index in [0.29, 0.717) is 11.4 Å². The Balaban J connectivity index is 1.98. The number of nitrogens with one attached hydrogen (secondary N) is 2. The maximum Gasteiger partial charge on any atom is 0.314 e. The van der Waals surface area contributed by atoms with Crippen molar-refractivity contribution < 1.29 is 14.0 Å². The van der Waals surface area contributed by atoms with E-state index in [-0.39, 0.29) is 5.41 Å². The summed E-state index contributed by atoms with van der Waals surface area (Å²) in [6, 6.07) is 12.5. The van der Waals surface area contributed by atoms with Gasteiger partial charge in [0.05, 0.1) is 0 Å². The number of hydrogen-bond donors (Lipinski definition) is 2. The number of hydrogen-bond acceptors (Lipinski definition) is 2. The van der Waals surface area contributed by atoms with Gasteiger partial charge in [0.15, 0.2) is 0 Å². The molecule has 120 valence electrons. The molecule has 0 bridgehead atoms. The van der Waals surface area contributed by atoms with Gasteiger partial charge in [0, 0.05) is 11.4 Å². The normalized spacial score (nSPS) is 11.0. The average Bonchev–Trinajstić information content (AvgIpc) is 2.49. The van der Waals surface area contributed by atoms with Gasteiger partial charge in [-0.2, -0.15) is 0 Å². The fraction of sp³-hybridized carbons (Fsp3) is 0.222. The molecule has 0 aliphatic heterocycles. The lowest BCUT2D eigenvalue weighted by Gasteiger charge is -2.19. The summed E-state index contributed by atoms with van der Waals surface area (Å²) in [5.41, 5.74) is 2.04. The van der Waals surface area contributed by atoms with Crippen LogP contribution in [0.2, 0.25) is 0 Å². The molecule has 0 heterocycles. The molecule has 2 aromatic carbocycles. The van der Waals surface area contributed by atoms with Crippen molar-refractivity contribution in [1.82, 2.24) is 0 Å². The number of benzene rings is 2. The van der Waals surface area contributed by atoms with Crippen LogP contribution in [-0.2, 0) is 15.0 Å². The highest BCUT2D eigenvalue weighted by atomic mass is 19.1. The Labute approximate surface area is 134 Å². The minimum Gasteiger partial charge on any atom is -0.318 e. The lowest BCUT2D eigenvalue weighted by molar-refractivity contribution is -0.132. The van der Waals surface area contributed by atoms with Crippen LogP contribution in [0.25, 0.3) is 0 Å². The van der Waals surface area contributed by atoms with E-state index in [1.807, 2.05) is 12.1 Å². The first-order valence-electron chi connectivity index (χ1n) is 7.24. The summed E-state index contributed by atoms with van der Waals surface area (Å²) in [6.07, 6.45) is 0. The molecule has 0 radical (unpaired) electrons. The molecule has 2 aromatic rings. The van der Waals surface area contributed by atoms with E-state index in [1.54, 1.807) is 12.1 Å². The van der Waals surface area contributed by atoms with Crippen LogP contribution in [0.4, 0.5) is 15.8 Å². The van der Waals surface area contributed by atoms with E-state index in [0.717, 1.165) is 5.56 Å². The fourth-order valence-electron chi connectivity index (χ4n) is 1.96. The van der Waals surface area contributed by atoms with Crippen LogP contribution in [0.15, 0.2) is 48.5 Å². The smallest absolute Gasteiger partial charge is 0.314 e. The quantitative estimate of drug-likeness (QED) is 0.830. The van der Waals surface area contributed by atoms with E-state index in [9.17, 15) is 14.0 Å². The topological polar surface area (TPSA) is 58.2 Å². The van der Waals surface area contributed by atoms with Gasteiger partial charge in [-0.1, -0.05) is 32.9 Å². The van der Waals surface area contributed by atoms with E-state index >= 15 is 0 Å². The third kappa shape index (κ3) is 4.64. The van der Waals surface area contributed by atoms with Gasteiger partial charge in [0.25, 0.3) is 0 Å². The first-order chi connectivity index (χ1) is 10.8. The van der Waals surface area contributed by atoms with Crippen molar-refractivity contribution in [3.05, 3.63) is 59.9 Å². The Kier molecular flexibility index (Phi) is 4.79. The number of anilines is 2. The minimum absolute atomic E-state index is 0.0164. The summed E-state index contributed by atoms with van der Waals surface area (Å²) >= 11 is 0. The van der Waals surface area contributed by atoms with Crippen LogP contribution in [-0.4, -0.2) is 11.8 Å². The van der Waals surface area contributed by atoms with Gasteiger partial charge in [-0.15, -0.1) is 0 Å². The molecule has 0 aliphatic carbocycles. The zero-order chi connectivity index (χ0) is 17.0. The molecule has 0 saturated heterocycles. The second-order valence-corrected chi connectivity index (χ2v) is 6.24. The highest BCUT2D eigenvalue weighted by Crippen LogP contribution is 2.23. The van der Waals surface area contributed by atoms with Crippen molar-refractivity contribution in [3.8, 4) is 0 Å². The molecule has 2 amide bonds. The van der Waals surface area contributed by atoms with Gasteiger partial charge >= 0.3 is 11.8 Å². The minimum atomic E-state index is -0.809. The van der Waals surface area contributed by atoms with Crippen LogP contribution in [0.3, 0.4) is 0 Å². The largest absolute Gasteiger partial charge is 0.318 e. The van der Waals surface area contributed by atoms with Gasteiger partial charge in [-0.05, 0) is 47.4 Å². The van der Waals surface area contributed by atoms with E-state index in [1.165, 1.54) is 24.3 Å². The first kappa shape index (κ1) is 16.7. The third-order valence-corrected chi connectivity index (χ3v) is 3.32. The molecule has 0 saturated carbocycles.